The lowest BCUT2D eigenvalue weighted by molar-refractivity contribution is 0.0694. The number of nitrogens with two attached hydrogens (primary N) is 1. The first-order valence-corrected chi connectivity index (χ1v) is 6.10. The monoisotopic (exact) mass is 251 g/mol. The minimum absolute atomic E-state index is 0.00556. The van der Waals surface area contributed by atoms with Crippen LogP contribution in [0.1, 0.15) is 22.5 Å². The van der Waals surface area contributed by atoms with Gasteiger partial charge in [-0.1, -0.05) is 0 Å². The largest absolute Gasteiger partial charge is 0.383 e. The van der Waals surface area contributed by atoms with Gasteiger partial charge in [0.25, 0.3) is 5.91 Å². The predicted octanol–water partition coefficient (Wildman–Crippen LogP) is 0.827. The predicted molar refractivity (Wildman–Crippen MR) is 70.4 cm³/mol. The van der Waals surface area contributed by atoms with Crippen molar-refractivity contribution in [2.24, 2.45) is 5.73 Å². The fourth-order valence-electron chi connectivity index (χ4n) is 1.66. The molecule has 5 nitrogen and oxygen atoms in total. The molecule has 0 aliphatic rings. The van der Waals surface area contributed by atoms with E-state index in [4.69, 9.17) is 10.5 Å². The number of ether oxygens (including phenoxy) is 1. The third-order valence-electron chi connectivity index (χ3n) is 2.63. The topological polar surface area (TPSA) is 68.5 Å². The quantitative estimate of drug-likeness (QED) is 0.779. The first-order chi connectivity index (χ1) is 8.69. The zero-order chi connectivity index (χ0) is 13.4. The zero-order valence-electron chi connectivity index (χ0n) is 11.1. The van der Waals surface area contributed by atoms with Crippen molar-refractivity contribution in [3.05, 3.63) is 29.6 Å². The van der Waals surface area contributed by atoms with Gasteiger partial charge < -0.3 is 15.4 Å². The van der Waals surface area contributed by atoms with Gasteiger partial charge in [0.15, 0.2) is 0 Å². The van der Waals surface area contributed by atoms with E-state index in [0.717, 1.165) is 12.1 Å². The van der Waals surface area contributed by atoms with E-state index in [9.17, 15) is 4.79 Å². The summed E-state index contributed by atoms with van der Waals surface area (Å²) in [4.78, 5) is 18.2. The molecule has 0 unspecified atom stereocenters. The summed E-state index contributed by atoms with van der Waals surface area (Å²) in [5, 5.41) is 0. The average Bonchev–Trinajstić information content (AvgIpc) is 2.38. The van der Waals surface area contributed by atoms with Gasteiger partial charge in [-0.25, -0.2) is 0 Å². The summed E-state index contributed by atoms with van der Waals surface area (Å²) in [6.45, 7) is 4.21. The van der Waals surface area contributed by atoms with Crippen molar-refractivity contribution in [1.82, 2.24) is 9.88 Å². The van der Waals surface area contributed by atoms with Crippen molar-refractivity contribution in [3.63, 3.8) is 0 Å². The molecule has 1 aromatic heterocycles. The van der Waals surface area contributed by atoms with Gasteiger partial charge in [0, 0.05) is 37.7 Å². The fourth-order valence-corrected chi connectivity index (χ4v) is 1.66. The molecule has 0 aromatic carbocycles. The maximum atomic E-state index is 12.3. The van der Waals surface area contributed by atoms with Gasteiger partial charge in [-0.2, -0.15) is 0 Å². The van der Waals surface area contributed by atoms with Crippen molar-refractivity contribution >= 4 is 5.91 Å². The number of hydrogen-bond acceptors (Lipinski definition) is 4. The van der Waals surface area contributed by atoms with Gasteiger partial charge in [-0.3, -0.25) is 9.78 Å². The molecule has 2 N–H and O–H groups in total. The number of aryl methyl sites for hydroxylation is 1. The van der Waals surface area contributed by atoms with Crippen LogP contribution in [0.2, 0.25) is 0 Å². The molecule has 100 valence electrons. The Morgan fingerprint density at radius 1 is 1.50 bits per heavy atom. The van der Waals surface area contributed by atoms with E-state index in [1.807, 2.05) is 6.92 Å². The third-order valence-corrected chi connectivity index (χ3v) is 2.63. The Bertz CT molecular complexity index is 374. The van der Waals surface area contributed by atoms with Crippen LogP contribution in [-0.2, 0) is 4.74 Å². The molecule has 1 heterocycles. The van der Waals surface area contributed by atoms with Crippen LogP contribution in [0.5, 0.6) is 0 Å². The summed E-state index contributed by atoms with van der Waals surface area (Å²) in [5.41, 5.74) is 6.99. The van der Waals surface area contributed by atoms with Crippen LogP contribution in [0.4, 0.5) is 0 Å². The van der Waals surface area contributed by atoms with Crippen molar-refractivity contribution in [2.45, 2.75) is 13.3 Å². The standard InChI is InChI=1S/C13H21N3O2/c1-11-10-12(4-6-15-11)13(17)16(7-3-5-14)8-9-18-2/h4,6,10H,3,5,7-9,14H2,1-2H3. The molecule has 18 heavy (non-hydrogen) atoms. The van der Waals surface area contributed by atoms with Crippen LogP contribution in [-0.4, -0.2) is 49.1 Å². The Balaban J connectivity index is 2.73. The summed E-state index contributed by atoms with van der Waals surface area (Å²) in [7, 11) is 1.63. The number of nitrogens with zero attached hydrogens (tertiary/aromatic N) is 2. The number of aromatic nitrogens is 1. The number of pyridine rings is 1. The van der Waals surface area contributed by atoms with Gasteiger partial charge in [-0.15, -0.1) is 0 Å². The number of amides is 1. The summed E-state index contributed by atoms with van der Waals surface area (Å²) in [6.07, 6.45) is 2.44. The molecule has 0 atom stereocenters. The smallest absolute Gasteiger partial charge is 0.254 e. The molecule has 0 aliphatic carbocycles. The molecular formula is C13H21N3O2. The second kappa shape index (κ2) is 7.79. The lowest BCUT2D eigenvalue weighted by atomic mass is 10.2. The molecule has 0 saturated carbocycles. The number of carbonyl (C=O) groups is 1. The maximum Gasteiger partial charge on any atom is 0.254 e. The highest BCUT2D eigenvalue weighted by Crippen LogP contribution is 2.06. The second-order valence-electron chi connectivity index (χ2n) is 4.11. The van der Waals surface area contributed by atoms with Crippen molar-refractivity contribution in [1.29, 1.82) is 0 Å². The highest BCUT2D eigenvalue weighted by atomic mass is 16.5. The average molecular weight is 251 g/mol. The minimum atomic E-state index is 0.00556. The van der Waals surface area contributed by atoms with E-state index in [1.54, 1.807) is 30.3 Å². The summed E-state index contributed by atoms with van der Waals surface area (Å²) >= 11 is 0. The highest BCUT2D eigenvalue weighted by molar-refractivity contribution is 5.94. The molecule has 1 rings (SSSR count). The van der Waals surface area contributed by atoms with Crippen LogP contribution in [0.25, 0.3) is 0 Å². The first kappa shape index (κ1) is 14.6. The number of carbonyl (C=O) groups excluding carboxylic acids is 1. The van der Waals surface area contributed by atoms with E-state index < -0.39 is 0 Å². The van der Waals surface area contributed by atoms with Crippen molar-refractivity contribution in [2.75, 3.05) is 33.4 Å². The zero-order valence-corrected chi connectivity index (χ0v) is 11.1. The molecule has 0 bridgehead atoms. The SMILES string of the molecule is COCCN(CCCN)C(=O)c1ccnc(C)c1. The van der Waals surface area contributed by atoms with E-state index in [-0.39, 0.29) is 5.91 Å². The molecule has 1 aromatic rings. The molecule has 1 amide bonds. The van der Waals surface area contributed by atoms with E-state index in [1.165, 1.54) is 0 Å². The van der Waals surface area contributed by atoms with Gasteiger partial charge in [0.05, 0.1) is 6.61 Å². The molecule has 0 fully saturated rings. The Kier molecular flexibility index (Phi) is 6.32. The number of methoxy groups -OCH3 is 1. The summed E-state index contributed by atoms with van der Waals surface area (Å²) in [6, 6.07) is 3.53. The number of rotatable bonds is 7. The highest BCUT2D eigenvalue weighted by Gasteiger charge is 2.15. The molecule has 0 saturated heterocycles. The van der Waals surface area contributed by atoms with Crippen LogP contribution in [0.15, 0.2) is 18.3 Å². The Morgan fingerprint density at radius 3 is 2.89 bits per heavy atom. The summed E-state index contributed by atoms with van der Waals surface area (Å²) < 4.78 is 5.02. The molecule has 0 aliphatic heterocycles. The molecule has 5 heteroatoms. The van der Waals surface area contributed by atoms with Crippen LogP contribution >= 0.6 is 0 Å². The van der Waals surface area contributed by atoms with Crippen molar-refractivity contribution in [3.8, 4) is 0 Å². The van der Waals surface area contributed by atoms with E-state index in [2.05, 4.69) is 4.98 Å². The number of hydrogen-bond donors (Lipinski definition) is 1. The van der Waals surface area contributed by atoms with E-state index in [0.29, 0.717) is 31.8 Å². The Labute approximate surface area is 108 Å². The lowest BCUT2D eigenvalue weighted by Crippen LogP contribution is -2.35. The van der Waals surface area contributed by atoms with Crippen LogP contribution in [0.3, 0.4) is 0 Å². The minimum Gasteiger partial charge on any atom is -0.383 e. The normalized spacial score (nSPS) is 10.4. The van der Waals surface area contributed by atoms with Crippen LogP contribution in [0, 0.1) is 6.92 Å². The van der Waals surface area contributed by atoms with Gasteiger partial charge >= 0.3 is 0 Å². The first-order valence-electron chi connectivity index (χ1n) is 6.10. The second-order valence-corrected chi connectivity index (χ2v) is 4.11. The Hall–Kier alpha value is -1.46. The molecular weight excluding hydrogens is 230 g/mol. The fraction of sp³-hybridized carbons (Fsp3) is 0.538. The van der Waals surface area contributed by atoms with Crippen LogP contribution < -0.4 is 5.73 Å². The summed E-state index contributed by atoms with van der Waals surface area (Å²) in [5.74, 6) is 0.00556. The molecule has 0 radical (unpaired) electrons. The Morgan fingerprint density at radius 2 is 2.28 bits per heavy atom. The molecule has 0 spiro atoms. The lowest BCUT2D eigenvalue weighted by Gasteiger charge is -2.22. The maximum absolute atomic E-state index is 12.3. The van der Waals surface area contributed by atoms with Gasteiger partial charge in [-0.05, 0) is 32.0 Å². The van der Waals surface area contributed by atoms with Gasteiger partial charge in [0.2, 0.25) is 0 Å². The van der Waals surface area contributed by atoms with Crippen molar-refractivity contribution < 1.29 is 9.53 Å². The van der Waals surface area contributed by atoms with Gasteiger partial charge in [0.1, 0.15) is 0 Å². The van der Waals surface area contributed by atoms with E-state index >= 15 is 0 Å². The third kappa shape index (κ3) is 4.43.